The van der Waals surface area contributed by atoms with E-state index in [1.165, 1.54) is 0 Å². The Labute approximate surface area is 132 Å². The molecule has 0 bridgehead atoms. The molecule has 120 valence electrons. The molecule has 1 N–H and O–H groups in total. The molecule has 1 aliphatic rings. The first-order chi connectivity index (χ1) is 8.98. The van der Waals surface area contributed by atoms with Gasteiger partial charge in [0.05, 0.1) is 5.56 Å². The largest absolute Gasteiger partial charge is 0.417 e. The van der Waals surface area contributed by atoms with Crippen molar-refractivity contribution in [1.82, 2.24) is 15.2 Å². The zero-order valence-corrected chi connectivity index (χ0v) is 12.7. The van der Waals surface area contributed by atoms with Crippen LogP contribution in [0, 0.1) is 0 Å². The molecule has 2 rings (SSSR count). The average Bonchev–Trinajstić information content (AvgIpc) is 2.66. The van der Waals surface area contributed by atoms with Gasteiger partial charge in [0.2, 0.25) is 0 Å². The van der Waals surface area contributed by atoms with E-state index >= 15 is 0 Å². The molecule has 0 unspecified atom stereocenters. The molecule has 1 amide bonds. The fourth-order valence-electron chi connectivity index (χ4n) is 1.90. The summed E-state index contributed by atoms with van der Waals surface area (Å²) < 4.78 is 37.2. The van der Waals surface area contributed by atoms with Crippen molar-refractivity contribution in [2.24, 2.45) is 0 Å². The molecule has 0 atom stereocenters. The Morgan fingerprint density at radius 3 is 2.48 bits per heavy atom. The van der Waals surface area contributed by atoms with Gasteiger partial charge in [-0.25, -0.2) is 0 Å². The van der Waals surface area contributed by atoms with Crippen LogP contribution < -0.4 is 5.32 Å². The van der Waals surface area contributed by atoms with Crippen LogP contribution >= 0.6 is 24.8 Å². The number of carbonyl (C=O) groups excluding carboxylic acids is 1. The summed E-state index contributed by atoms with van der Waals surface area (Å²) in [6.07, 6.45) is -2.91. The van der Waals surface area contributed by atoms with E-state index in [1.807, 2.05) is 0 Å². The van der Waals surface area contributed by atoms with Crippen LogP contribution in [0.5, 0.6) is 0 Å². The Morgan fingerprint density at radius 2 is 1.90 bits per heavy atom. The Bertz CT molecular complexity index is 446. The first-order valence-corrected chi connectivity index (χ1v) is 6.02. The van der Waals surface area contributed by atoms with Crippen LogP contribution in [0.2, 0.25) is 0 Å². The fourth-order valence-corrected chi connectivity index (χ4v) is 1.90. The maximum Gasteiger partial charge on any atom is 0.417 e. The van der Waals surface area contributed by atoms with E-state index in [0.717, 1.165) is 25.1 Å². The number of pyridine rings is 1. The molecule has 9 heteroatoms. The van der Waals surface area contributed by atoms with Gasteiger partial charge in [-0.2, -0.15) is 13.2 Å². The summed E-state index contributed by atoms with van der Waals surface area (Å²) in [6, 6.07) is 2.01. The van der Waals surface area contributed by atoms with E-state index in [0.29, 0.717) is 25.8 Å². The lowest BCUT2D eigenvalue weighted by Crippen LogP contribution is -2.34. The van der Waals surface area contributed by atoms with E-state index in [2.05, 4.69) is 10.3 Å². The molecular formula is C12H16Cl2F3N3O. The first-order valence-electron chi connectivity index (χ1n) is 6.02. The van der Waals surface area contributed by atoms with Gasteiger partial charge in [0.25, 0.3) is 5.91 Å². The van der Waals surface area contributed by atoms with E-state index in [1.54, 1.807) is 4.90 Å². The van der Waals surface area contributed by atoms with Crippen molar-refractivity contribution in [3.8, 4) is 0 Å². The second kappa shape index (κ2) is 8.41. The van der Waals surface area contributed by atoms with Gasteiger partial charge in [0.15, 0.2) is 0 Å². The monoisotopic (exact) mass is 345 g/mol. The van der Waals surface area contributed by atoms with Gasteiger partial charge < -0.3 is 10.2 Å². The lowest BCUT2D eigenvalue weighted by Gasteiger charge is -2.19. The number of hydrogen-bond acceptors (Lipinski definition) is 3. The number of nitrogens with one attached hydrogen (secondary N) is 1. The van der Waals surface area contributed by atoms with Crippen LogP contribution in [0.1, 0.15) is 22.5 Å². The minimum atomic E-state index is -4.43. The van der Waals surface area contributed by atoms with Crippen LogP contribution in [0.3, 0.4) is 0 Å². The minimum absolute atomic E-state index is 0. The van der Waals surface area contributed by atoms with Gasteiger partial charge in [-0.15, -0.1) is 24.8 Å². The topological polar surface area (TPSA) is 45.2 Å². The fraction of sp³-hybridized carbons (Fsp3) is 0.500. The number of alkyl halides is 3. The smallest absolute Gasteiger partial charge is 0.336 e. The predicted octanol–water partition coefficient (Wildman–Crippen LogP) is 2.38. The van der Waals surface area contributed by atoms with Crippen molar-refractivity contribution < 1.29 is 18.0 Å². The summed E-state index contributed by atoms with van der Waals surface area (Å²) in [7, 11) is 0. The second-order valence-electron chi connectivity index (χ2n) is 4.33. The van der Waals surface area contributed by atoms with E-state index in [-0.39, 0.29) is 36.4 Å². The van der Waals surface area contributed by atoms with Crippen molar-refractivity contribution in [1.29, 1.82) is 0 Å². The summed E-state index contributed by atoms with van der Waals surface area (Å²) in [6.45, 7) is 2.66. The van der Waals surface area contributed by atoms with Crippen molar-refractivity contribution in [3.05, 3.63) is 29.6 Å². The molecule has 0 aromatic carbocycles. The SMILES string of the molecule is Cl.Cl.O=C(c1ccc(C(F)(F)F)cn1)N1CCCNCC1. The minimum Gasteiger partial charge on any atom is -0.336 e. The number of amides is 1. The number of rotatable bonds is 1. The molecule has 1 aromatic rings. The Kier molecular flexibility index (Phi) is 7.99. The maximum atomic E-state index is 12.4. The lowest BCUT2D eigenvalue weighted by atomic mass is 10.2. The molecular weight excluding hydrogens is 330 g/mol. The highest BCUT2D eigenvalue weighted by molar-refractivity contribution is 5.92. The first kappa shape index (κ1) is 19.9. The zero-order valence-electron chi connectivity index (χ0n) is 11.0. The molecule has 1 aliphatic heterocycles. The highest BCUT2D eigenvalue weighted by atomic mass is 35.5. The van der Waals surface area contributed by atoms with Gasteiger partial charge in [-0.05, 0) is 25.1 Å². The third kappa shape index (κ3) is 5.33. The van der Waals surface area contributed by atoms with Crippen molar-refractivity contribution >= 4 is 30.7 Å². The summed E-state index contributed by atoms with van der Waals surface area (Å²) in [5, 5.41) is 3.15. The van der Waals surface area contributed by atoms with E-state index in [4.69, 9.17) is 0 Å². The van der Waals surface area contributed by atoms with Gasteiger partial charge >= 0.3 is 6.18 Å². The molecule has 0 aliphatic carbocycles. The van der Waals surface area contributed by atoms with Crippen molar-refractivity contribution in [2.45, 2.75) is 12.6 Å². The van der Waals surface area contributed by atoms with Gasteiger partial charge in [0.1, 0.15) is 5.69 Å². The predicted molar refractivity (Wildman–Crippen MR) is 77.1 cm³/mol. The van der Waals surface area contributed by atoms with E-state index < -0.39 is 11.7 Å². The normalized spacial score (nSPS) is 15.5. The average molecular weight is 346 g/mol. The molecule has 0 spiro atoms. The van der Waals surface area contributed by atoms with E-state index in [9.17, 15) is 18.0 Å². The molecule has 1 fully saturated rings. The molecule has 0 radical (unpaired) electrons. The maximum absolute atomic E-state index is 12.4. The number of nitrogens with zero attached hydrogens (tertiary/aromatic N) is 2. The highest BCUT2D eigenvalue weighted by Crippen LogP contribution is 2.28. The number of carbonyl (C=O) groups is 1. The molecule has 4 nitrogen and oxygen atoms in total. The molecule has 2 heterocycles. The summed E-state index contributed by atoms with van der Waals surface area (Å²) >= 11 is 0. The van der Waals surface area contributed by atoms with Crippen molar-refractivity contribution in [2.75, 3.05) is 26.2 Å². The van der Waals surface area contributed by atoms with Crippen molar-refractivity contribution in [3.63, 3.8) is 0 Å². The number of halogens is 5. The zero-order chi connectivity index (χ0) is 13.9. The summed E-state index contributed by atoms with van der Waals surface area (Å²) in [4.78, 5) is 17.3. The molecule has 21 heavy (non-hydrogen) atoms. The van der Waals surface area contributed by atoms with Gasteiger partial charge in [-0.1, -0.05) is 0 Å². The van der Waals surface area contributed by atoms with Crippen LogP contribution in [0.4, 0.5) is 13.2 Å². The van der Waals surface area contributed by atoms with Crippen LogP contribution in [0.15, 0.2) is 18.3 Å². The second-order valence-corrected chi connectivity index (χ2v) is 4.33. The summed E-state index contributed by atoms with van der Waals surface area (Å²) in [5.41, 5.74) is -0.795. The molecule has 1 aromatic heterocycles. The molecule has 1 saturated heterocycles. The quantitative estimate of drug-likeness (QED) is 0.849. The standard InChI is InChI=1S/C12H14F3N3O.2ClH/c13-12(14,15)9-2-3-10(17-8-9)11(19)18-6-1-4-16-5-7-18;;/h2-3,8,16H,1,4-7H2;2*1H. The lowest BCUT2D eigenvalue weighted by molar-refractivity contribution is -0.137. The van der Waals surface area contributed by atoms with Crippen LogP contribution in [0.25, 0.3) is 0 Å². The molecule has 0 saturated carbocycles. The van der Waals surface area contributed by atoms with Crippen LogP contribution in [-0.2, 0) is 6.18 Å². The number of hydrogen-bond donors (Lipinski definition) is 1. The van der Waals surface area contributed by atoms with Gasteiger partial charge in [0, 0.05) is 25.8 Å². The Hall–Kier alpha value is -1.05. The third-order valence-electron chi connectivity index (χ3n) is 2.94. The third-order valence-corrected chi connectivity index (χ3v) is 2.94. The Balaban J connectivity index is 0.00000200. The highest BCUT2D eigenvalue weighted by Gasteiger charge is 2.31. The Morgan fingerprint density at radius 1 is 1.19 bits per heavy atom. The van der Waals surface area contributed by atoms with Crippen LogP contribution in [-0.4, -0.2) is 42.0 Å². The number of aromatic nitrogens is 1. The van der Waals surface area contributed by atoms with Gasteiger partial charge in [-0.3, -0.25) is 9.78 Å². The summed E-state index contributed by atoms with van der Waals surface area (Å²) in [5.74, 6) is -0.322.